The molecule has 0 radical (unpaired) electrons. The smallest absolute Gasteiger partial charge is 0.199 e. The molecule has 0 aliphatic carbocycles. The molecule has 0 amide bonds. The monoisotopic (exact) mass is 240 g/mol. The first-order chi connectivity index (χ1) is 8.83. The summed E-state index contributed by atoms with van der Waals surface area (Å²) >= 11 is 0. The normalized spacial score (nSPS) is 10.7. The molecule has 6 nitrogen and oxygen atoms in total. The number of nitrogens with one attached hydrogen (secondary N) is 1. The number of tetrazole rings is 1. The maximum atomic E-state index is 4.09. The van der Waals surface area contributed by atoms with Gasteiger partial charge in [-0.05, 0) is 22.9 Å². The zero-order valence-electron chi connectivity index (χ0n) is 9.91. The van der Waals surface area contributed by atoms with Crippen LogP contribution in [0.4, 0.5) is 5.82 Å². The second-order valence-electron chi connectivity index (χ2n) is 4.08. The highest BCUT2D eigenvalue weighted by molar-refractivity contribution is 5.44. The first kappa shape index (κ1) is 10.6. The SMILES string of the molecule is Cc1ccc(CNc2cncc3nnnn23)cc1. The van der Waals surface area contributed by atoms with Gasteiger partial charge in [-0.15, -0.1) is 5.10 Å². The third-order valence-electron chi connectivity index (χ3n) is 2.70. The van der Waals surface area contributed by atoms with Crippen molar-refractivity contribution in [3.8, 4) is 0 Å². The van der Waals surface area contributed by atoms with E-state index in [1.807, 2.05) is 0 Å². The number of aromatic nitrogens is 5. The minimum Gasteiger partial charge on any atom is -0.365 e. The van der Waals surface area contributed by atoms with Crippen LogP contribution in [0.3, 0.4) is 0 Å². The van der Waals surface area contributed by atoms with Crippen molar-refractivity contribution in [3.05, 3.63) is 47.8 Å². The van der Waals surface area contributed by atoms with Gasteiger partial charge < -0.3 is 5.32 Å². The fourth-order valence-corrected chi connectivity index (χ4v) is 1.69. The second kappa shape index (κ2) is 4.40. The molecular weight excluding hydrogens is 228 g/mol. The first-order valence-corrected chi connectivity index (χ1v) is 5.64. The molecule has 0 saturated heterocycles. The van der Waals surface area contributed by atoms with Crippen LogP contribution in [-0.2, 0) is 6.54 Å². The highest BCUT2D eigenvalue weighted by atomic mass is 15.5. The summed E-state index contributed by atoms with van der Waals surface area (Å²) in [4.78, 5) is 4.09. The maximum absolute atomic E-state index is 4.09. The molecule has 0 aliphatic rings. The lowest BCUT2D eigenvalue weighted by Gasteiger charge is -2.06. The van der Waals surface area contributed by atoms with E-state index in [1.54, 1.807) is 16.9 Å². The third-order valence-corrected chi connectivity index (χ3v) is 2.70. The summed E-state index contributed by atoms with van der Waals surface area (Å²) in [7, 11) is 0. The molecule has 0 atom stereocenters. The highest BCUT2D eigenvalue weighted by Crippen LogP contribution is 2.09. The van der Waals surface area contributed by atoms with Gasteiger partial charge in [-0.3, -0.25) is 4.98 Å². The quantitative estimate of drug-likeness (QED) is 0.750. The van der Waals surface area contributed by atoms with Crippen LogP contribution >= 0.6 is 0 Å². The fraction of sp³-hybridized carbons (Fsp3) is 0.167. The molecule has 0 aliphatic heterocycles. The molecule has 0 unspecified atom stereocenters. The number of rotatable bonds is 3. The molecule has 1 aromatic carbocycles. The van der Waals surface area contributed by atoms with Crippen molar-refractivity contribution >= 4 is 11.5 Å². The zero-order valence-corrected chi connectivity index (χ0v) is 9.91. The van der Waals surface area contributed by atoms with Crippen LogP contribution in [-0.4, -0.2) is 25.0 Å². The lowest BCUT2D eigenvalue weighted by Crippen LogP contribution is -2.05. The summed E-state index contributed by atoms with van der Waals surface area (Å²) in [6.07, 6.45) is 3.33. The van der Waals surface area contributed by atoms with Gasteiger partial charge in [0.05, 0.1) is 12.4 Å². The summed E-state index contributed by atoms with van der Waals surface area (Å²) in [6, 6.07) is 8.37. The largest absolute Gasteiger partial charge is 0.365 e. The Labute approximate surface area is 104 Å². The highest BCUT2D eigenvalue weighted by Gasteiger charge is 2.03. The molecule has 0 bridgehead atoms. The number of hydrogen-bond donors (Lipinski definition) is 1. The molecule has 2 aromatic heterocycles. The van der Waals surface area contributed by atoms with Crippen LogP contribution in [0.5, 0.6) is 0 Å². The van der Waals surface area contributed by atoms with Crippen LogP contribution in [0.2, 0.25) is 0 Å². The van der Waals surface area contributed by atoms with E-state index in [2.05, 4.69) is 57.0 Å². The number of benzene rings is 1. The predicted molar refractivity (Wildman–Crippen MR) is 67.1 cm³/mol. The zero-order chi connectivity index (χ0) is 12.4. The molecule has 3 aromatic rings. The summed E-state index contributed by atoms with van der Waals surface area (Å²) < 4.78 is 1.63. The van der Waals surface area contributed by atoms with Gasteiger partial charge in [0, 0.05) is 6.54 Å². The van der Waals surface area contributed by atoms with Crippen molar-refractivity contribution in [2.75, 3.05) is 5.32 Å². The topological polar surface area (TPSA) is 68.0 Å². The van der Waals surface area contributed by atoms with Crippen molar-refractivity contribution in [2.45, 2.75) is 13.5 Å². The van der Waals surface area contributed by atoms with E-state index >= 15 is 0 Å². The molecule has 0 fully saturated rings. The fourth-order valence-electron chi connectivity index (χ4n) is 1.69. The van der Waals surface area contributed by atoms with Crippen molar-refractivity contribution in [3.63, 3.8) is 0 Å². The van der Waals surface area contributed by atoms with E-state index in [9.17, 15) is 0 Å². The number of aryl methyl sites for hydroxylation is 1. The predicted octanol–water partition coefficient (Wildman–Crippen LogP) is 1.44. The molecule has 0 spiro atoms. The Bertz CT molecular complexity index is 658. The van der Waals surface area contributed by atoms with Crippen molar-refractivity contribution in [1.82, 2.24) is 25.0 Å². The molecule has 3 rings (SSSR count). The minimum atomic E-state index is 0.629. The van der Waals surface area contributed by atoms with Crippen LogP contribution in [0.25, 0.3) is 5.65 Å². The molecule has 90 valence electrons. The number of anilines is 1. The summed E-state index contributed by atoms with van der Waals surface area (Å²) in [5.41, 5.74) is 3.08. The van der Waals surface area contributed by atoms with Gasteiger partial charge in [0.15, 0.2) is 11.5 Å². The lowest BCUT2D eigenvalue weighted by molar-refractivity contribution is 0.819. The molecule has 0 saturated carbocycles. The molecular formula is C12H12N6. The number of hydrogen-bond acceptors (Lipinski definition) is 5. The van der Waals surface area contributed by atoms with E-state index in [4.69, 9.17) is 0 Å². The Morgan fingerprint density at radius 3 is 2.83 bits per heavy atom. The first-order valence-electron chi connectivity index (χ1n) is 5.64. The summed E-state index contributed by atoms with van der Waals surface area (Å²) in [6.45, 7) is 2.78. The average Bonchev–Trinajstić information content (AvgIpc) is 2.87. The Hall–Kier alpha value is -2.50. The Morgan fingerprint density at radius 2 is 2.00 bits per heavy atom. The minimum absolute atomic E-state index is 0.629. The Kier molecular flexibility index (Phi) is 2.60. The van der Waals surface area contributed by atoms with Gasteiger partial charge in [-0.2, -0.15) is 4.52 Å². The van der Waals surface area contributed by atoms with Gasteiger partial charge in [0.1, 0.15) is 0 Å². The molecule has 2 heterocycles. The third kappa shape index (κ3) is 2.00. The van der Waals surface area contributed by atoms with Crippen molar-refractivity contribution in [1.29, 1.82) is 0 Å². The van der Waals surface area contributed by atoms with Gasteiger partial charge in [0.25, 0.3) is 0 Å². The second-order valence-corrected chi connectivity index (χ2v) is 4.08. The van der Waals surface area contributed by atoms with Crippen molar-refractivity contribution in [2.24, 2.45) is 0 Å². The van der Waals surface area contributed by atoms with Gasteiger partial charge in [-0.25, -0.2) is 0 Å². The van der Waals surface area contributed by atoms with E-state index in [0.29, 0.717) is 12.2 Å². The maximum Gasteiger partial charge on any atom is 0.199 e. The number of fused-ring (bicyclic) bond motifs is 1. The summed E-state index contributed by atoms with van der Waals surface area (Å²) in [5.74, 6) is 0.776. The lowest BCUT2D eigenvalue weighted by atomic mass is 10.1. The van der Waals surface area contributed by atoms with E-state index in [-0.39, 0.29) is 0 Å². The Morgan fingerprint density at radius 1 is 1.17 bits per heavy atom. The van der Waals surface area contributed by atoms with Gasteiger partial charge >= 0.3 is 0 Å². The van der Waals surface area contributed by atoms with Crippen LogP contribution in [0, 0.1) is 6.92 Å². The Balaban J connectivity index is 1.80. The van der Waals surface area contributed by atoms with Crippen LogP contribution in [0.15, 0.2) is 36.7 Å². The summed E-state index contributed by atoms with van der Waals surface area (Å²) in [5, 5.41) is 14.6. The van der Waals surface area contributed by atoms with Gasteiger partial charge in [0.2, 0.25) is 0 Å². The number of nitrogens with zero attached hydrogens (tertiary/aromatic N) is 5. The molecule has 18 heavy (non-hydrogen) atoms. The van der Waals surface area contributed by atoms with Crippen molar-refractivity contribution < 1.29 is 0 Å². The average molecular weight is 240 g/mol. The van der Waals surface area contributed by atoms with Crippen LogP contribution in [0.1, 0.15) is 11.1 Å². The standard InChI is InChI=1S/C12H12N6/c1-9-2-4-10(5-3-9)6-14-11-7-13-8-12-15-16-17-18(11)12/h2-5,7-8,14H,6H2,1H3. The van der Waals surface area contributed by atoms with E-state index < -0.39 is 0 Å². The molecule has 6 heteroatoms. The van der Waals surface area contributed by atoms with Crippen LogP contribution < -0.4 is 5.32 Å². The molecule has 1 N–H and O–H groups in total. The van der Waals surface area contributed by atoms with E-state index in [0.717, 1.165) is 5.82 Å². The van der Waals surface area contributed by atoms with E-state index in [1.165, 1.54) is 11.1 Å². The van der Waals surface area contributed by atoms with Gasteiger partial charge in [-0.1, -0.05) is 29.8 Å².